The molecule has 6 heteroatoms. The Kier molecular flexibility index (Phi) is 4.95. The van der Waals surface area contributed by atoms with Crippen molar-refractivity contribution in [3.8, 4) is 5.75 Å². The molecule has 0 fully saturated rings. The predicted molar refractivity (Wildman–Crippen MR) is 74.1 cm³/mol. The molecule has 0 aromatic heterocycles. The van der Waals surface area contributed by atoms with Gasteiger partial charge in [-0.1, -0.05) is 18.2 Å². The summed E-state index contributed by atoms with van der Waals surface area (Å²) in [6.07, 6.45) is 1.68. The molecule has 1 heterocycles. The molecule has 1 aromatic rings. The molecule has 1 atom stereocenters. The Bertz CT molecular complexity index is 490. The van der Waals surface area contributed by atoms with Gasteiger partial charge < -0.3 is 21.1 Å². The maximum absolute atomic E-state index is 11.8. The normalized spacial score (nSPS) is 17.4. The summed E-state index contributed by atoms with van der Waals surface area (Å²) in [5.41, 5.74) is 6.14. The molecule has 108 valence electrons. The fraction of sp³-hybridized carbons (Fsp3) is 0.429. The number of carbonyl (C=O) groups is 2. The van der Waals surface area contributed by atoms with Crippen LogP contribution in [-0.2, 0) is 9.59 Å². The fourth-order valence-electron chi connectivity index (χ4n) is 2.17. The number of hydrogen-bond acceptors (Lipinski definition) is 4. The summed E-state index contributed by atoms with van der Waals surface area (Å²) >= 11 is 0. The van der Waals surface area contributed by atoms with Crippen molar-refractivity contribution in [3.05, 3.63) is 29.8 Å². The number of fused-ring (bicyclic) bond motifs is 1. The molecular weight excluding hydrogens is 258 g/mol. The van der Waals surface area contributed by atoms with E-state index < -0.39 is 0 Å². The van der Waals surface area contributed by atoms with Crippen LogP contribution in [0.5, 0.6) is 5.75 Å². The lowest BCUT2D eigenvalue weighted by molar-refractivity contribution is -0.125. The first kappa shape index (κ1) is 14.3. The van der Waals surface area contributed by atoms with Crippen LogP contribution in [0.2, 0.25) is 0 Å². The summed E-state index contributed by atoms with van der Waals surface area (Å²) in [4.78, 5) is 22.9. The van der Waals surface area contributed by atoms with Gasteiger partial charge in [0.1, 0.15) is 5.75 Å². The van der Waals surface area contributed by atoms with Crippen molar-refractivity contribution in [2.75, 3.05) is 19.7 Å². The van der Waals surface area contributed by atoms with Gasteiger partial charge in [0.15, 0.2) is 0 Å². The van der Waals surface area contributed by atoms with Gasteiger partial charge in [0.25, 0.3) is 0 Å². The van der Waals surface area contributed by atoms with E-state index in [4.69, 9.17) is 10.5 Å². The minimum absolute atomic E-state index is 0.0600. The highest BCUT2D eigenvalue weighted by atomic mass is 16.5. The number of rotatable bonds is 4. The number of amides is 2. The van der Waals surface area contributed by atoms with Crippen LogP contribution in [0.4, 0.5) is 0 Å². The van der Waals surface area contributed by atoms with Gasteiger partial charge in [-0.3, -0.25) is 9.59 Å². The summed E-state index contributed by atoms with van der Waals surface area (Å²) < 4.78 is 5.64. The summed E-state index contributed by atoms with van der Waals surface area (Å²) in [5, 5.41) is 5.37. The van der Waals surface area contributed by atoms with Gasteiger partial charge in [0.2, 0.25) is 11.8 Å². The highest BCUT2D eigenvalue weighted by Crippen LogP contribution is 2.30. The monoisotopic (exact) mass is 277 g/mol. The van der Waals surface area contributed by atoms with E-state index >= 15 is 0 Å². The van der Waals surface area contributed by atoms with E-state index in [1.54, 1.807) is 0 Å². The maximum Gasteiger partial charge on any atom is 0.239 e. The van der Waals surface area contributed by atoms with E-state index in [9.17, 15) is 9.59 Å². The smallest absolute Gasteiger partial charge is 0.239 e. The van der Waals surface area contributed by atoms with Crippen LogP contribution >= 0.6 is 0 Å². The maximum atomic E-state index is 11.8. The van der Waals surface area contributed by atoms with Gasteiger partial charge >= 0.3 is 0 Å². The molecule has 2 rings (SSSR count). The van der Waals surface area contributed by atoms with Gasteiger partial charge in [-0.25, -0.2) is 0 Å². The number of ether oxygens (including phenoxy) is 1. The molecule has 1 unspecified atom stereocenters. The first-order valence-electron chi connectivity index (χ1n) is 6.68. The number of nitrogens with two attached hydrogens (primary N) is 1. The lowest BCUT2D eigenvalue weighted by Crippen LogP contribution is -2.40. The first-order chi connectivity index (χ1) is 9.70. The van der Waals surface area contributed by atoms with Gasteiger partial charge in [-0.05, 0) is 18.9 Å². The number of carbonyl (C=O) groups excluding carboxylic acids is 2. The lowest BCUT2D eigenvalue weighted by Gasteiger charge is -2.18. The molecule has 0 spiro atoms. The summed E-state index contributed by atoms with van der Waals surface area (Å²) in [6, 6.07) is 7.59. The van der Waals surface area contributed by atoms with Crippen LogP contribution in [0.3, 0.4) is 0 Å². The summed E-state index contributed by atoms with van der Waals surface area (Å²) in [6.45, 7) is 0.468. The van der Waals surface area contributed by atoms with Gasteiger partial charge in [-0.2, -0.15) is 0 Å². The van der Waals surface area contributed by atoms with E-state index in [-0.39, 0.29) is 30.9 Å². The average Bonchev–Trinajstić information content (AvgIpc) is 2.67. The topological polar surface area (TPSA) is 93.5 Å². The number of nitrogens with one attached hydrogen (secondary N) is 2. The minimum Gasteiger partial charge on any atom is -0.493 e. The Morgan fingerprint density at radius 2 is 2.10 bits per heavy atom. The summed E-state index contributed by atoms with van der Waals surface area (Å²) in [5.74, 6) is 0.236. The van der Waals surface area contributed by atoms with Crippen molar-refractivity contribution in [1.82, 2.24) is 10.6 Å². The van der Waals surface area contributed by atoms with E-state index in [1.807, 2.05) is 24.3 Å². The Labute approximate surface area is 117 Å². The minimum atomic E-state index is -0.343. The molecule has 0 bridgehead atoms. The Balaban J connectivity index is 1.98. The zero-order valence-corrected chi connectivity index (χ0v) is 11.2. The van der Waals surface area contributed by atoms with Crippen LogP contribution < -0.4 is 21.1 Å². The third-order valence-electron chi connectivity index (χ3n) is 3.16. The molecule has 4 N–H and O–H groups in total. The third kappa shape index (κ3) is 3.71. The zero-order chi connectivity index (χ0) is 14.4. The Morgan fingerprint density at radius 1 is 1.30 bits per heavy atom. The van der Waals surface area contributed by atoms with E-state index in [1.165, 1.54) is 0 Å². The number of hydrogen-bond donors (Lipinski definition) is 3. The van der Waals surface area contributed by atoms with Crippen LogP contribution in [-0.4, -0.2) is 31.5 Å². The number of para-hydroxylation sites is 1. The molecule has 1 aromatic carbocycles. The average molecular weight is 277 g/mol. The second-order valence-corrected chi connectivity index (χ2v) is 4.63. The first-order valence-corrected chi connectivity index (χ1v) is 6.68. The highest BCUT2D eigenvalue weighted by molar-refractivity contribution is 5.85. The number of benzene rings is 1. The zero-order valence-electron chi connectivity index (χ0n) is 11.2. The van der Waals surface area contributed by atoms with Crippen LogP contribution in [0, 0.1) is 0 Å². The van der Waals surface area contributed by atoms with Crippen molar-refractivity contribution in [2.45, 2.75) is 18.9 Å². The molecular formula is C14H19N3O3. The van der Waals surface area contributed by atoms with Crippen molar-refractivity contribution in [2.24, 2.45) is 5.73 Å². The second kappa shape index (κ2) is 6.91. The quantitative estimate of drug-likeness (QED) is 0.727. The van der Waals surface area contributed by atoms with E-state index in [0.29, 0.717) is 6.61 Å². The molecule has 1 aliphatic rings. The van der Waals surface area contributed by atoms with E-state index in [2.05, 4.69) is 10.6 Å². The van der Waals surface area contributed by atoms with Crippen molar-refractivity contribution in [3.63, 3.8) is 0 Å². The van der Waals surface area contributed by atoms with E-state index in [0.717, 1.165) is 24.2 Å². The van der Waals surface area contributed by atoms with Crippen LogP contribution in [0.1, 0.15) is 24.4 Å². The molecule has 20 heavy (non-hydrogen) atoms. The van der Waals surface area contributed by atoms with Crippen molar-refractivity contribution >= 4 is 11.8 Å². The van der Waals surface area contributed by atoms with Gasteiger partial charge in [0, 0.05) is 5.56 Å². The fourth-order valence-corrected chi connectivity index (χ4v) is 2.17. The third-order valence-corrected chi connectivity index (χ3v) is 3.16. The van der Waals surface area contributed by atoms with Crippen molar-refractivity contribution < 1.29 is 14.3 Å². The van der Waals surface area contributed by atoms with Crippen molar-refractivity contribution in [1.29, 1.82) is 0 Å². The van der Waals surface area contributed by atoms with Crippen LogP contribution in [0.25, 0.3) is 0 Å². The highest BCUT2D eigenvalue weighted by Gasteiger charge is 2.21. The second-order valence-electron chi connectivity index (χ2n) is 4.63. The molecule has 0 radical (unpaired) electrons. The van der Waals surface area contributed by atoms with Crippen LogP contribution in [0.15, 0.2) is 24.3 Å². The summed E-state index contributed by atoms with van der Waals surface area (Å²) in [7, 11) is 0. The lowest BCUT2D eigenvalue weighted by atomic mass is 10.0. The Hall–Kier alpha value is -2.08. The molecule has 1 aliphatic heterocycles. The SMILES string of the molecule is NCC(=O)NCC(=O)NC1CCCOc2ccccc21. The molecule has 2 amide bonds. The largest absolute Gasteiger partial charge is 0.493 e. The molecule has 6 nitrogen and oxygen atoms in total. The van der Waals surface area contributed by atoms with Gasteiger partial charge in [-0.15, -0.1) is 0 Å². The molecule has 0 aliphatic carbocycles. The standard InChI is InChI=1S/C14H19N3O3/c15-8-13(18)16-9-14(19)17-11-5-3-7-20-12-6-2-1-4-10(11)12/h1-2,4,6,11H,3,5,7-9,15H2,(H,16,18)(H,17,19). The molecule has 0 saturated heterocycles. The molecule has 0 saturated carbocycles. The Morgan fingerprint density at radius 3 is 2.90 bits per heavy atom. The predicted octanol–water partition coefficient (Wildman–Crippen LogP) is 0.0914. The van der Waals surface area contributed by atoms with Gasteiger partial charge in [0.05, 0.1) is 25.7 Å².